The maximum Gasteiger partial charge on any atom is 0.120 e. The summed E-state index contributed by atoms with van der Waals surface area (Å²) < 4.78 is 5.35. The van der Waals surface area contributed by atoms with Crippen molar-refractivity contribution in [1.29, 1.82) is 10.5 Å². The van der Waals surface area contributed by atoms with E-state index in [0.717, 1.165) is 0 Å². The first-order valence-electron chi connectivity index (χ1n) is 4.36. The first-order chi connectivity index (χ1) is 6.86. The third kappa shape index (κ3) is 3.16. The van der Waals surface area contributed by atoms with Gasteiger partial charge in [0, 0.05) is 6.42 Å². The van der Waals surface area contributed by atoms with Crippen molar-refractivity contribution in [3.63, 3.8) is 0 Å². The van der Waals surface area contributed by atoms with Crippen molar-refractivity contribution in [2.45, 2.75) is 12.8 Å². The summed E-state index contributed by atoms with van der Waals surface area (Å²) in [6.45, 7) is 0.516. The normalized spacial score (nSPS) is 8.71. The summed E-state index contributed by atoms with van der Waals surface area (Å²) in [5.41, 5.74) is 0.586. The van der Waals surface area contributed by atoms with Gasteiger partial charge in [0.15, 0.2) is 0 Å². The van der Waals surface area contributed by atoms with E-state index in [-0.39, 0.29) is 0 Å². The fourth-order valence-electron chi connectivity index (χ4n) is 0.997. The third-order valence-electron chi connectivity index (χ3n) is 1.66. The first-order valence-corrected chi connectivity index (χ1v) is 4.36. The molecule has 0 saturated heterocycles. The van der Waals surface area contributed by atoms with Gasteiger partial charge in [-0.25, -0.2) is 0 Å². The van der Waals surface area contributed by atoms with E-state index in [9.17, 15) is 0 Å². The number of benzene rings is 1. The zero-order valence-corrected chi connectivity index (χ0v) is 7.73. The van der Waals surface area contributed by atoms with E-state index in [0.29, 0.717) is 30.8 Å². The third-order valence-corrected chi connectivity index (χ3v) is 1.66. The Bertz CT molecular complexity index is 374. The second kappa shape index (κ2) is 5.61. The van der Waals surface area contributed by atoms with Crippen molar-refractivity contribution in [2.75, 3.05) is 6.61 Å². The molecule has 1 aromatic carbocycles. The Hall–Kier alpha value is -2.00. The molecule has 0 atom stereocenters. The molecule has 0 bridgehead atoms. The van der Waals surface area contributed by atoms with Crippen LogP contribution in [-0.2, 0) is 0 Å². The van der Waals surface area contributed by atoms with Gasteiger partial charge in [0.1, 0.15) is 5.75 Å². The van der Waals surface area contributed by atoms with E-state index in [4.69, 9.17) is 15.3 Å². The molecule has 0 N–H and O–H groups in total. The summed E-state index contributed by atoms with van der Waals surface area (Å²) in [6.07, 6.45) is 1.21. The zero-order valence-electron chi connectivity index (χ0n) is 7.73. The molecule has 0 amide bonds. The summed E-state index contributed by atoms with van der Waals surface area (Å²) in [7, 11) is 0. The highest BCUT2D eigenvalue weighted by atomic mass is 16.5. The molecule has 70 valence electrons. The number of unbranched alkanes of at least 4 members (excludes halogenated alkanes) is 1. The number of nitrogens with zero attached hydrogens (tertiary/aromatic N) is 2. The van der Waals surface area contributed by atoms with Crippen molar-refractivity contribution < 1.29 is 4.74 Å². The second-order valence-electron chi connectivity index (χ2n) is 2.75. The van der Waals surface area contributed by atoms with Gasteiger partial charge in [-0.05, 0) is 24.6 Å². The standard InChI is InChI=1S/C11H10N2O/c12-6-1-2-7-14-11-5-3-4-10(8-11)9-13/h3-5,8H,1-2,7H2. The van der Waals surface area contributed by atoms with Crippen LogP contribution in [0.25, 0.3) is 0 Å². The molecule has 0 spiro atoms. The summed E-state index contributed by atoms with van der Waals surface area (Å²) in [4.78, 5) is 0. The van der Waals surface area contributed by atoms with Crippen LogP contribution >= 0.6 is 0 Å². The Kier molecular flexibility index (Phi) is 4.04. The van der Waals surface area contributed by atoms with Crippen molar-refractivity contribution in [3.8, 4) is 17.9 Å². The van der Waals surface area contributed by atoms with Gasteiger partial charge in [0.25, 0.3) is 0 Å². The highest BCUT2D eigenvalue weighted by molar-refractivity contribution is 5.36. The van der Waals surface area contributed by atoms with Crippen LogP contribution in [0.5, 0.6) is 5.75 Å². The molecule has 0 radical (unpaired) electrons. The van der Waals surface area contributed by atoms with Crippen LogP contribution in [-0.4, -0.2) is 6.61 Å². The fourth-order valence-corrected chi connectivity index (χ4v) is 0.997. The summed E-state index contributed by atoms with van der Waals surface area (Å²) in [5.74, 6) is 0.682. The Balaban J connectivity index is 2.44. The molecular weight excluding hydrogens is 176 g/mol. The van der Waals surface area contributed by atoms with Crippen molar-refractivity contribution in [1.82, 2.24) is 0 Å². The number of ether oxygens (including phenoxy) is 1. The van der Waals surface area contributed by atoms with Crippen molar-refractivity contribution in [2.24, 2.45) is 0 Å². The largest absolute Gasteiger partial charge is 0.494 e. The minimum atomic E-state index is 0.498. The lowest BCUT2D eigenvalue weighted by atomic mass is 10.2. The number of nitriles is 2. The molecule has 0 aliphatic heterocycles. The van der Waals surface area contributed by atoms with Gasteiger partial charge < -0.3 is 4.74 Å². The van der Waals surface area contributed by atoms with Gasteiger partial charge in [-0.15, -0.1) is 0 Å². The average Bonchev–Trinajstić information content (AvgIpc) is 2.25. The quantitative estimate of drug-likeness (QED) is 0.677. The van der Waals surface area contributed by atoms with Crippen LogP contribution in [0, 0.1) is 22.7 Å². The highest BCUT2D eigenvalue weighted by Gasteiger charge is 1.95. The minimum absolute atomic E-state index is 0.498. The maximum atomic E-state index is 8.62. The number of rotatable bonds is 4. The molecule has 0 aliphatic carbocycles. The van der Waals surface area contributed by atoms with E-state index in [2.05, 4.69) is 0 Å². The van der Waals surface area contributed by atoms with Crippen LogP contribution in [0.2, 0.25) is 0 Å². The molecule has 0 saturated carbocycles. The van der Waals surface area contributed by atoms with Crippen LogP contribution in [0.4, 0.5) is 0 Å². The van der Waals surface area contributed by atoms with Crippen molar-refractivity contribution in [3.05, 3.63) is 29.8 Å². The van der Waals surface area contributed by atoms with Crippen LogP contribution < -0.4 is 4.74 Å². The van der Waals surface area contributed by atoms with Crippen LogP contribution in [0.1, 0.15) is 18.4 Å². The lowest BCUT2D eigenvalue weighted by molar-refractivity contribution is 0.312. The van der Waals surface area contributed by atoms with Crippen molar-refractivity contribution >= 4 is 0 Å². The number of hydrogen-bond donors (Lipinski definition) is 0. The molecule has 3 nitrogen and oxygen atoms in total. The zero-order chi connectivity index (χ0) is 10.2. The van der Waals surface area contributed by atoms with E-state index in [1.165, 1.54) is 0 Å². The topological polar surface area (TPSA) is 56.8 Å². The molecule has 0 unspecified atom stereocenters. The molecular formula is C11H10N2O. The van der Waals surface area contributed by atoms with Gasteiger partial charge >= 0.3 is 0 Å². The summed E-state index contributed by atoms with van der Waals surface area (Å²) >= 11 is 0. The average molecular weight is 186 g/mol. The maximum absolute atomic E-state index is 8.62. The lowest BCUT2D eigenvalue weighted by Gasteiger charge is -2.03. The van der Waals surface area contributed by atoms with Gasteiger partial charge in [-0.2, -0.15) is 10.5 Å². The van der Waals surface area contributed by atoms with Crippen LogP contribution in [0.3, 0.4) is 0 Å². The SMILES string of the molecule is N#CCCCOc1cccc(C#N)c1. The molecule has 0 aromatic heterocycles. The lowest BCUT2D eigenvalue weighted by Crippen LogP contribution is -1.96. The van der Waals surface area contributed by atoms with Crippen LogP contribution in [0.15, 0.2) is 24.3 Å². The molecule has 1 rings (SSSR count). The van der Waals surface area contributed by atoms with E-state index >= 15 is 0 Å². The fraction of sp³-hybridized carbons (Fsp3) is 0.273. The molecule has 14 heavy (non-hydrogen) atoms. The molecule has 0 heterocycles. The van der Waals surface area contributed by atoms with Gasteiger partial charge in [-0.1, -0.05) is 6.07 Å². The predicted molar refractivity (Wildman–Crippen MR) is 51.5 cm³/mol. The highest BCUT2D eigenvalue weighted by Crippen LogP contribution is 2.12. The Morgan fingerprint density at radius 1 is 1.29 bits per heavy atom. The smallest absolute Gasteiger partial charge is 0.120 e. The Labute approximate surface area is 83.2 Å². The number of hydrogen-bond acceptors (Lipinski definition) is 3. The summed E-state index contributed by atoms with van der Waals surface area (Å²) in [6, 6.07) is 11.1. The molecule has 0 fully saturated rings. The first kappa shape index (κ1) is 10.1. The Morgan fingerprint density at radius 3 is 2.86 bits per heavy atom. The van der Waals surface area contributed by atoms with E-state index < -0.39 is 0 Å². The minimum Gasteiger partial charge on any atom is -0.494 e. The second-order valence-corrected chi connectivity index (χ2v) is 2.75. The molecule has 0 aliphatic rings. The van der Waals surface area contributed by atoms with E-state index in [1.807, 2.05) is 12.1 Å². The monoisotopic (exact) mass is 186 g/mol. The van der Waals surface area contributed by atoms with Gasteiger partial charge in [0.2, 0.25) is 0 Å². The summed E-state index contributed by atoms with van der Waals surface area (Å²) in [5, 5.41) is 16.9. The van der Waals surface area contributed by atoms with Gasteiger partial charge in [0.05, 0.1) is 24.3 Å². The Morgan fingerprint density at radius 2 is 2.14 bits per heavy atom. The molecule has 3 heteroatoms. The van der Waals surface area contributed by atoms with E-state index in [1.54, 1.807) is 24.3 Å². The van der Waals surface area contributed by atoms with Gasteiger partial charge in [-0.3, -0.25) is 0 Å². The predicted octanol–water partition coefficient (Wildman–Crippen LogP) is 2.24. The molecule has 1 aromatic rings.